The van der Waals surface area contributed by atoms with Gasteiger partial charge in [0.1, 0.15) is 5.03 Å². The SMILES string of the molecule is FC(F)(F)S(=S)c1ccn[nH]1. The van der Waals surface area contributed by atoms with E-state index in [0.29, 0.717) is 0 Å². The summed E-state index contributed by atoms with van der Waals surface area (Å²) in [5, 5.41) is 5.49. The van der Waals surface area contributed by atoms with Crippen molar-refractivity contribution in [3.63, 3.8) is 0 Å². The van der Waals surface area contributed by atoms with Crippen LogP contribution in [0.5, 0.6) is 0 Å². The lowest BCUT2D eigenvalue weighted by Gasteiger charge is -2.05. The molecule has 0 bridgehead atoms. The highest BCUT2D eigenvalue weighted by molar-refractivity contribution is 8.29. The molecular weight excluding hydrogens is 197 g/mol. The molecule has 1 heterocycles. The number of hydrogen-bond donors (Lipinski definition) is 1. The summed E-state index contributed by atoms with van der Waals surface area (Å²) in [5.41, 5.74) is -4.35. The molecular formula is C4H3F3N2S2. The van der Waals surface area contributed by atoms with E-state index in [9.17, 15) is 13.2 Å². The third-order valence-electron chi connectivity index (χ3n) is 0.885. The first kappa shape index (κ1) is 8.66. The van der Waals surface area contributed by atoms with E-state index in [0.717, 1.165) is 0 Å². The molecule has 11 heavy (non-hydrogen) atoms. The number of H-pyrrole nitrogens is 1. The Hall–Kier alpha value is -0.430. The molecule has 0 spiro atoms. The van der Waals surface area contributed by atoms with Gasteiger partial charge in [0.05, 0.1) is 0 Å². The average molecular weight is 200 g/mol. The van der Waals surface area contributed by atoms with Crippen molar-refractivity contribution in [2.75, 3.05) is 0 Å². The molecule has 1 aromatic rings. The van der Waals surface area contributed by atoms with E-state index in [1.807, 2.05) is 0 Å². The van der Waals surface area contributed by atoms with Crippen LogP contribution in [0.25, 0.3) is 0 Å². The molecule has 0 fully saturated rings. The number of aromatic amines is 1. The molecule has 1 unspecified atom stereocenters. The molecule has 1 rings (SSSR count). The topological polar surface area (TPSA) is 28.7 Å². The zero-order chi connectivity index (χ0) is 8.48. The Bertz CT molecular complexity index is 253. The Morgan fingerprint density at radius 1 is 1.55 bits per heavy atom. The van der Waals surface area contributed by atoms with Crippen molar-refractivity contribution in [1.82, 2.24) is 10.2 Å². The second-order valence-electron chi connectivity index (χ2n) is 1.64. The average Bonchev–Trinajstić information content (AvgIpc) is 2.34. The zero-order valence-corrected chi connectivity index (χ0v) is 6.69. The van der Waals surface area contributed by atoms with Gasteiger partial charge >= 0.3 is 5.51 Å². The number of halogens is 3. The van der Waals surface area contributed by atoms with Gasteiger partial charge in [0.15, 0.2) is 0 Å². The second kappa shape index (κ2) is 2.90. The number of aromatic nitrogens is 2. The van der Waals surface area contributed by atoms with Crippen LogP contribution in [0, 0.1) is 0 Å². The van der Waals surface area contributed by atoms with E-state index in [2.05, 4.69) is 21.4 Å². The number of rotatable bonds is 1. The van der Waals surface area contributed by atoms with Crippen LogP contribution in [-0.2, 0) is 20.6 Å². The van der Waals surface area contributed by atoms with Gasteiger partial charge in [-0.25, -0.2) is 0 Å². The number of hydrogen-bond acceptors (Lipinski definition) is 2. The predicted molar refractivity (Wildman–Crippen MR) is 37.6 cm³/mol. The molecule has 2 nitrogen and oxygen atoms in total. The lowest BCUT2D eigenvalue weighted by molar-refractivity contribution is -0.0347. The molecule has 0 saturated heterocycles. The van der Waals surface area contributed by atoms with Gasteiger partial charge < -0.3 is 0 Å². The first-order chi connectivity index (χ1) is 5.02. The molecule has 1 aromatic heterocycles. The van der Waals surface area contributed by atoms with E-state index in [-0.39, 0.29) is 5.03 Å². The van der Waals surface area contributed by atoms with Gasteiger partial charge in [-0.15, -0.1) is 0 Å². The second-order valence-corrected chi connectivity index (χ2v) is 4.08. The van der Waals surface area contributed by atoms with Crippen molar-refractivity contribution in [2.24, 2.45) is 0 Å². The first-order valence-corrected chi connectivity index (χ1v) is 4.65. The highest BCUT2D eigenvalue weighted by Crippen LogP contribution is 2.24. The van der Waals surface area contributed by atoms with Gasteiger partial charge in [0, 0.05) is 15.7 Å². The minimum absolute atomic E-state index is 0.0625. The number of nitrogens with zero attached hydrogens (tertiary/aromatic N) is 1. The predicted octanol–water partition coefficient (Wildman–Crippen LogP) is 1.37. The van der Waals surface area contributed by atoms with Crippen molar-refractivity contribution in [3.05, 3.63) is 12.3 Å². The largest absolute Gasteiger partial charge is 0.451 e. The first-order valence-electron chi connectivity index (χ1n) is 2.50. The van der Waals surface area contributed by atoms with Crippen LogP contribution < -0.4 is 0 Å². The summed E-state index contributed by atoms with van der Waals surface area (Å²) < 4.78 is 35.6. The molecule has 0 aromatic carbocycles. The van der Waals surface area contributed by atoms with E-state index < -0.39 is 15.0 Å². The highest BCUT2D eigenvalue weighted by Gasteiger charge is 2.34. The van der Waals surface area contributed by atoms with Gasteiger partial charge in [-0.2, -0.15) is 18.3 Å². The van der Waals surface area contributed by atoms with Gasteiger partial charge in [-0.1, -0.05) is 0 Å². The summed E-state index contributed by atoms with van der Waals surface area (Å²) in [4.78, 5) is 0. The normalized spacial score (nSPS) is 14.8. The molecule has 1 atom stereocenters. The third kappa shape index (κ3) is 2.00. The molecule has 62 valence electrons. The van der Waals surface area contributed by atoms with E-state index in [4.69, 9.17) is 0 Å². The molecule has 0 saturated carbocycles. The van der Waals surface area contributed by atoms with Crippen LogP contribution in [0.4, 0.5) is 13.2 Å². The highest BCUT2D eigenvalue weighted by atomic mass is 32.8. The molecule has 7 heteroatoms. The Morgan fingerprint density at radius 2 is 2.18 bits per heavy atom. The maximum atomic E-state index is 11.9. The summed E-state index contributed by atoms with van der Waals surface area (Å²) in [6, 6.07) is 1.23. The van der Waals surface area contributed by atoms with E-state index >= 15 is 0 Å². The lowest BCUT2D eigenvalue weighted by Crippen LogP contribution is -2.15. The lowest BCUT2D eigenvalue weighted by atomic mass is 10.8. The summed E-state index contributed by atoms with van der Waals surface area (Å²) in [6.45, 7) is 0. The smallest absolute Gasteiger partial charge is 0.271 e. The summed E-state index contributed by atoms with van der Waals surface area (Å²) in [5.74, 6) is 0. The minimum Gasteiger partial charge on any atom is -0.271 e. The molecule has 0 amide bonds. The van der Waals surface area contributed by atoms with Crippen LogP contribution in [0.2, 0.25) is 0 Å². The quantitative estimate of drug-likeness (QED) is 0.741. The Balaban J connectivity index is 2.88. The Labute approximate surface area is 67.4 Å². The Morgan fingerprint density at radius 3 is 2.55 bits per heavy atom. The monoisotopic (exact) mass is 200 g/mol. The third-order valence-corrected chi connectivity index (χ3v) is 3.04. The number of nitrogens with one attached hydrogen (secondary N) is 1. The van der Waals surface area contributed by atoms with Gasteiger partial charge in [-0.3, -0.25) is 5.10 Å². The Kier molecular flexibility index (Phi) is 2.28. The van der Waals surface area contributed by atoms with Crippen molar-refractivity contribution in [3.8, 4) is 0 Å². The van der Waals surface area contributed by atoms with Crippen LogP contribution in [-0.4, -0.2) is 15.7 Å². The van der Waals surface area contributed by atoms with Crippen LogP contribution in [0.1, 0.15) is 0 Å². The fourth-order valence-electron chi connectivity index (χ4n) is 0.471. The van der Waals surface area contributed by atoms with Crippen molar-refractivity contribution in [1.29, 1.82) is 0 Å². The maximum Gasteiger partial charge on any atom is 0.451 e. The summed E-state index contributed by atoms with van der Waals surface area (Å²) in [7, 11) is -2.15. The number of alkyl halides is 3. The van der Waals surface area contributed by atoms with Crippen LogP contribution in [0.3, 0.4) is 0 Å². The van der Waals surface area contributed by atoms with Crippen molar-refractivity contribution < 1.29 is 13.2 Å². The zero-order valence-electron chi connectivity index (χ0n) is 5.05. The van der Waals surface area contributed by atoms with Crippen LogP contribution in [0.15, 0.2) is 17.3 Å². The summed E-state index contributed by atoms with van der Waals surface area (Å²) >= 11 is 4.23. The fraction of sp³-hybridized carbons (Fsp3) is 0.250. The van der Waals surface area contributed by atoms with Crippen LogP contribution >= 0.6 is 0 Å². The van der Waals surface area contributed by atoms with Gasteiger partial charge in [0.2, 0.25) is 0 Å². The molecule has 0 aliphatic rings. The molecule has 0 aliphatic carbocycles. The van der Waals surface area contributed by atoms with Crippen molar-refractivity contribution in [2.45, 2.75) is 10.5 Å². The standard InChI is InChI=1S/C4H3F3N2S2/c5-4(6,7)11(10)3-1-2-8-9-3/h1-2H,(H,8,9). The molecule has 1 N–H and O–H groups in total. The van der Waals surface area contributed by atoms with Gasteiger partial charge in [0.25, 0.3) is 0 Å². The maximum absolute atomic E-state index is 11.9. The molecule has 0 radical (unpaired) electrons. The van der Waals surface area contributed by atoms with E-state index in [1.54, 1.807) is 0 Å². The van der Waals surface area contributed by atoms with Crippen molar-refractivity contribution >= 4 is 20.6 Å². The van der Waals surface area contributed by atoms with E-state index in [1.165, 1.54) is 12.3 Å². The fourth-order valence-corrected chi connectivity index (χ4v) is 1.32. The summed E-state index contributed by atoms with van der Waals surface area (Å²) in [6.07, 6.45) is 1.24. The van der Waals surface area contributed by atoms with Gasteiger partial charge in [-0.05, 0) is 17.3 Å². The molecule has 0 aliphatic heterocycles. The minimum atomic E-state index is -4.35.